The first-order chi connectivity index (χ1) is 12.9. The van der Waals surface area contributed by atoms with Crippen molar-refractivity contribution in [3.05, 3.63) is 34.9 Å². The molecule has 0 aromatic heterocycles. The SMILES string of the molecule is CCOC(=O)C(CC(=O)OC(C)(C)C)(Cc1ccc(C)c(C)c1)C(=O)OCC. The van der Waals surface area contributed by atoms with E-state index in [0.29, 0.717) is 0 Å². The Balaban J connectivity index is 3.40. The molecule has 156 valence electrons. The molecule has 0 aliphatic carbocycles. The highest BCUT2D eigenvalue weighted by Crippen LogP contribution is 2.33. The molecule has 1 aromatic rings. The molecule has 1 rings (SSSR count). The first kappa shape index (κ1) is 23.7. The molecule has 0 atom stereocenters. The summed E-state index contributed by atoms with van der Waals surface area (Å²) in [5.41, 5.74) is 0.320. The summed E-state index contributed by atoms with van der Waals surface area (Å²) >= 11 is 0. The van der Waals surface area contributed by atoms with E-state index < -0.39 is 35.3 Å². The quantitative estimate of drug-likeness (QED) is 0.381. The lowest BCUT2D eigenvalue weighted by atomic mass is 9.78. The van der Waals surface area contributed by atoms with Gasteiger partial charge in [0.2, 0.25) is 0 Å². The number of benzene rings is 1. The molecular weight excluding hydrogens is 360 g/mol. The second kappa shape index (κ2) is 9.71. The molecule has 0 saturated carbocycles. The van der Waals surface area contributed by atoms with Crippen molar-refractivity contribution < 1.29 is 28.6 Å². The average molecular weight is 392 g/mol. The van der Waals surface area contributed by atoms with Crippen LogP contribution in [-0.4, -0.2) is 36.7 Å². The highest BCUT2D eigenvalue weighted by molar-refractivity contribution is 6.03. The number of carbonyl (C=O) groups is 3. The van der Waals surface area contributed by atoms with Crippen LogP contribution in [0.5, 0.6) is 0 Å². The van der Waals surface area contributed by atoms with E-state index >= 15 is 0 Å². The molecule has 0 saturated heterocycles. The molecule has 0 aliphatic heterocycles. The van der Waals surface area contributed by atoms with Crippen LogP contribution in [0.15, 0.2) is 18.2 Å². The highest BCUT2D eigenvalue weighted by Gasteiger charge is 2.51. The second-order valence-corrected chi connectivity index (χ2v) is 7.88. The zero-order valence-corrected chi connectivity index (χ0v) is 18.0. The topological polar surface area (TPSA) is 78.9 Å². The number of hydrogen-bond acceptors (Lipinski definition) is 6. The van der Waals surface area contributed by atoms with E-state index in [1.54, 1.807) is 34.6 Å². The number of rotatable bonds is 8. The van der Waals surface area contributed by atoms with Crippen LogP contribution in [-0.2, 0) is 35.0 Å². The van der Waals surface area contributed by atoms with Gasteiger partial charge in [-0.2, -0.15) is 0 Å². The summed E-state index contributed by atoms with van der Waals surface area (Å²) in [4.78, 5) is 38.4. The van der Waals surface area contributed by atoms with Gasteiger partial charge in [0.1, 0.15) is 5.60 Å². The molecule has 0 spiro atoms. The van der Waals surface area contributed by atoms with E-state index in [1.165, 1.54) is 0 Å². The molecule has 0 fully saturated rings. The molecule has 0 bridgehead atoms. The summed E-state index contributed by atoms with van der Waals surface area (Å²) in [7, 11) is 0. The smallest absolute Gasteiger partial charge is 0.324 e. The van der Waals surface area contributed by atoms with Crippen molar-refractivity contribution in [1.82, 2.24) is 0 Å². The van der Waals surface area contributed by atoms with Crippen molar-refractivity contribution in [3.63, 3.8) is 0 Å². The maximum atomic E-state index is 12.9. The van der Waals surface area contributed by atoms with Gasteiger partial charge in [-0.15, -0.1) is 0 Å². The van der Waals surface area contributed by atoms with Gasteiger partial charge in [0.25, 0.3) is 0 Å². The first-order valence-corrected chi connectivity index (χ1v) is 9.57. The van der Waals surface area contributed by atoms with Gasteiger partial charge < -0.3 is 14.2 Å². The van der Waals surface area contributed by atoms with Crippen molar-refractivity contribution in [2.24, 2.45) is 5.41 Å². The van der Waals surface area contributed by atoms with Crippen molar-refractivity contribution in [3.8, 4) is 0 Å². The minimum atomic E-state index is -1.80. The van der Waals surface area contributed by atoms with Crippen molar-refractivity contribution >= 4 is 17.9 Å². The van der Waals surface area contributed by atoms with Crippen molar-refractivity contribution in [1.29, 1.82) is 0 Å². The van der Waals surface area contributed by atoms with E-state index in [0.717, 1.165) is 16.7 Å². The molecule has 28 heavy (non-hydrogen) atoms. The lowest BCUT2D eigenvalue weighted by molar-refractivity contribution is -0.179. The molecule has 0 aliphatic rings. The fraction of sp³-hybridized carbons (Fsp3) is 0.591. The Kier molecular flexibility index (Phi) is 8.21. The Morgan fingerprint density at radius 2 is 1.43 bits per heavy atom. The van der Waals surface area contributed by atoms with Crippen LogP contribution >= 0.6 is 0 Å². The summed E-state index contributed by atoms with van der Waals surface area (Å²) in [6.45, 7) is 12.6. The summed E-state index contributed by atoms with van der Waals surface area (Å²) < 4.78 is 15.7. The first-order valence-electron chi connectivity index (χ1n) is 9.57. The molecular formula is C22H32O6. The monoisotopic (exact) mass is 392 g/mol. The summed E-state index contributed by atoms with van der Waals surface area (Å²) in [5, 5.41) is 0. The largest absolute Gasteiger partial charge is 0.465 e. The van der Waals surface area contributed by atoms with E-state index in [4.69, 9.17) is 14.2 Å². The molecule has 1 aromatic carbocycles. The van der Waals surface area contributed by atoms with Gasteiger partial charge in [0.15, 0.2) is 5.41 Å². The number of esters is 3. The Bertz CT molecular complexity index is 696. The zero-order chi connectivity index (χ0) is 21.5. The van der Waals surface area contributed by atoms with Crippen LogP contribution in [0.25, 0.3) is 0 Å². The molecule has 0 N–H and O–H groups in total. The van der Waals surface area contributed by atoms with Crippen LogP contribution in [0.3, 0.4) is 0 Å². The average Bonchev–Trinajstić information content (AvgIpc) is 2.56. The van der Waals surface area contributed by atoms with E-state index in [-0.39, 0.29) is 19.6 Å². The standard InChI is InChI=1S/C22H32O6/c1-8-26-19(24)22(20(25)27-9-2,14-18(23)28-21(5,6)7)13-17-11-10-15(3)16(4)12-17/h10-12H,8-9,13-14H2,1-7H3. The molecule has 6 nitrogen and oxygen atoms in total. The Morgan fingerprint density at radius 3 is 1.86 bits per heavy atom. The third-order valence-electron chi connectivity index (χ3n) is 4.28. The van der Waals surface area contributed by atoms with Crippen LogP contribution in [0.2, 0.25) is 0 Å². The van der Waals surface area contributed by atoms with Gasteiger partial charge in [-0.1, -0.05) is 18.2 Å². The summed E-state index contributed by atoms with van der Waals surface area (Å²) in [5.74, 6) is -2.22. The minimum absolute atomic E-state index is 0.00890. The Labute approximate surface area is 167 Å². The lowest BCUT2D eigenvalue weighted by Gasteiger charge is -2.30. The summed E-state index contributed by atoms with van der Waals surface area (Å²) in [6, 6.07) is 5.65. The second-order valence-electron chi connectivity index (χ2n) is 7.88. The van der Waals surface area contributed by atoms with Gasteiger partial charge in [-0.05, 0) is 71.6 Å². The minimum Gasteiger partial charge on any atom is -0.465 e. The van der Waals surface area contributed by atoms with E-state index in [1.807, 2.05) is 32.0 Å². The fourth-order valence-corrected chi connectivity index (χ4v) is 2.86. The highest BCUT2D eigenvalue weighted by atomic mass is 16.6. The molecule has 0 radical (unpaired) electrons. The predicted octanol–water partition coefficient (Wildman–Crippen LogP) is 3.69. The predicted molar refractivity (Wildman–Crippen MR) is 106 cm³/mol. The fourth-order valence-electron chi connectivity index (χ4n) is 2.86. The molecule has 6 heteroatoms. The van der Waals surface area contributed by atoms with Crippen molar-refractivity contribution in [2.75, 3.05) is 13.2 Å². The summed E-state index contributed by atoms with van der Waals surface area (Å²) in [6.07, 6.45) is -0.458. The van der Waals surface area contributed by atoms with Gasteiger partial charge in [0.05, 0.1) is 19.6 Å². The molecule has 0 amide bonds. The maximum absolute atomic E-state index is 12.9. The van der Waals surface area contributed by atoms with Gasteiger partial charge in [-0.3, -0.25) is 14.4 Å². The molecule has 0 unspecified atom stereocenters. The van der Waals surface area contributed by atoms with E-state index in [2.05, 4.69) is 0 Å². The zero-order valence-electron chi connectivity index (χ0n) is 18.0. The molecule has 0 heterocycles. The third kappa shape index (κ3) is 6.36. The van der Waals surface area contributed by atoms with Gasteiger partial charge in [0, 0.05) is 0 Å². The van der Waals surface area contributed by atoms with Gasteiger partial charge in [-0.25, -0.2) is 0 Å². The number of ether oxygens (including phenoxy) is 3. The Morgan fingerprint density at radius 1 is 0.893 bits per heavy atom. The van der Waals surface area contributed by atoms with Crippen LogP contribution < -0.4 is 0 Å². The number of carbonyl (C=O) groups excluding carboxylic acids is 3. The third-order valence-corrected chi connectivity index (χ3v) is 4.28. The van der Waals surface area contributed by atoms with Gasteiger partial charge >= 0.3 is 17.9 Å². The normalized spacial score (nSPS) is 11.7. The number of hydrogen-bond donors (Lipinski definition) is 0. The van der Waals surface area contributed by atoms with Crippen LogP contribution in [0.4, 0.5) is 0 Å². The Hall–Kier alpha value is -2.37. The lowest BCUT2D eigenvalue weighted by Crippen LogP contribution is -2.46. The number of aryl methyl sites for hydroxylation is 2. The van der Waals surface area contributed by atoms with Crippen LogP contribution in [0, 0.1) is 19.3 Å². The maximum Gasteiger partial charge on any atom is 0.324 e. The van der Waals surface area contributed by atoms with Crippen LogP contribution in [0.1, 0.15) is 57.7 Å². The van der Waals surface area contributed by atoms with Crippen molar-refractivity contribution in [2.45, 2.75) is 66.9 Å². The van der Waals surface area contributed by atoms with E-state index in [9.17, 15) is 14.4 Å².